The minimum atomic E-state index is 0.450. The Morgan fingerprint density at radius 2 is 2.29 bits per heavy atom. The van der Waals surface area contributed by atoms with Crippen molar-refractivity contribution in [1.82, 2.24) is 14.6 Å². The largest absolute Gasteiger partial charge is 0.368 e. The zero-order valence-corrected chi connectivity index (χ0v) is 10.3. The predicted octanol–water partition coefficient (Wildman–Crippen LogP) is 2.67. The van der Waals surface area contributed by atoms with Crippen molar-refractivity contribution < 1.29 is 0 Å². The van der Waals surface area contributed by atoms with Gasteiger partial charge < -0.3 is 5.32 Å². The maximum atomic E-state index is 4.55. The molecule has 2 aromatic heterocycles. The highest BCUT2D eigenvalue weighted by molar-refractivity contribution is 5.67. The van der Waals surface area contributed by atoms with Crippen molar-refractivity contribution in [3.05, 3.63) is 24.2 Å². The smallest absolute Gasteiger partial charge is 0.152 e. The van der Waals surface area contributed by atoms with Gasteiger partial charge in [0, 0.05) is 18.9 Å². The summed E-state index contributed by atoms with van der Waals surface area (Å²) in [5.74, 6) is 2.26. The molecule has 0 radical (unpaired) electrons. The molecule has 1 aliphatic carbocycles. The van der Waals surface area contributed by atoms with E-state index in [2.05, 4.69) is 35.3 Å². The van der Waals surface area contributed by atoms with Crippen LogP contribution in [0.15, 0.2) is 18.5 Å². The molecular formula is C13H18N4. The van der Waals surface area contributed by atoms with Crippen molar-refractivity contribution in [3.8, 4) is 0 Å². The third-order valence-corrected chi connectivity index (χ3v) is 3.26. The lowest BCUT2D eigenvalue weighted by molar-refractivity contribution is 0.786. The van der Waals surface area contributed by atoms with Crippen molar-refractivity contribution >= 4 is 11.3 Å². The average Bonchev–Trinajstić information content (AvgIpc) is 3.02. The molecule has 0 atom stereocenters. The third kappa shape index (κ3) is 2.12. The molecule has 0 amide bonds. The molecule has 0 aliphatic heterocycles. The molecule has 0 bridgehead atoms. The lowest BCUT2D eigenvalue weighted by Crippen LogP contribution is -2.06. The van der Waals surface area contributed by atoms with E-state index in [4.69, 9.17) is 0 Å². The second kappa shape index (κ2) is 4.02. The molecule has 1 saturated carbocycles. The minimum Gasteiger partial charge on any atom is -0.368 e. The highest BCUT2D eigenvalue weighted by Gasteiger charge is 2.21. The van der Waals surface area contributed by atoms with Gasteiger partial charge in [0.15, 0.2) is 5.82 Å². The van der Waals surface area contributed by atoms with Crippen molar-refractivity contribution in [3.63, 3.8) is 0 Å². The van der Waals surface area contributed by atoms with E-state index in [0.717, 1.165) is 29.5 Å². The Bertz CT molecular complexity index is 525. The van der Waals surface area contributed by atoms with E-state index < -0.39 is 0 Å². The predicted molar refractivity (Wildman–Crippen MR) is 68.3 cm³/mol. The monoisotopic (exact) mass is 230 g/mol. The second-order valence-corrected chi connectivity index (χ2v) is 5.15. The number of hydrogen-bond donors (Lipinski definition) is 1. The zero-order chi connectivity index (χ0) is 11.8. The summed E-state index contributed by atoms with van der Waals surface area (Å²) < 4.78 is 1.91. The van der Waals surface area contributed by atoms with Crippen molar-refractivity contribution in [2.75, 3.05) is 11.9 Å². The number of fused-ring (bicyclic) bond motifs is 1. The molecule has 4 nitrogen and oxygen atoms in total. The highest BCUT2D eigenvalue weighted by Crippen LogP contribution is 2.29. The van der Waals surface area contributed by atoms with Crippen molar-refractivity contribution in [2.45, 2.75) is 32.6 Å². The molecule has 4 heteroatoms. The molecule has 0 unspecified atom stereocenters. The first-order valence-electron chi connectivity index (χ1n) is 6.32. The molecule has 1 N–H and O–H groups in total. The third-order valence-electron chi connectivity index (χ3n) is 3.26. The fourth-order valence-electron chi connectivity index (χ4n) is 1.92. The van der Waals surface area contributed by atoms with Crippen LogP contribution in [0.4, 0.5) is 5.82 Å². The van der Waals surface area contributed by atoms with Crippen LogP contribution in [0.2, 0.25) is 0 Å². The van der Waals surface area contributed by atoms with Crippen LogP contribution < -0.4 is 5.32 Å². The van der Waals surface area contributed by atoms with E-state index >= 15 is 0 Å². The van der Waals surface area contributed by atoms with Crippen LogP contribution >= 0.6 is 0 Å². The standard InChI is InChI=1S/C13H18N4/c1-9(2)11-7-12-13(15-8-10-3-4-10)14-5-6-17(12)16-11/h5-7,9-10H,3-4,8H2,1-2H3,(H,14,15). The Morgan fingerprint density at radius 3 is 3.00 bits per heavy atom. The van der Waals surface area contributed by atoms with Gasteiger partial charge in [-0.25, -0.2) is 9.50 Å². The summed E-state index contributed by atoms with van der Waals surface area (Å²) in [5.41, 5.74) is 2.20. The van der Waals surface area contributed by atoms with Gasteiger partial charge in [-0.15, -0.1) is 0 Å². The number of rotatable bonds is 4. The maximum Gasteiger partial charge on any atom is 0.152 e. The summed E-state index contributed by atoms with van der Waals surface area (Å²) in [5, 5.41) is 7.98. The molecular weight excluding hydrogens is 212 g/mol. The molecule has 1 aliphatic rings. The SMILES string of the molecule is CC(C)c1cc2c(NCC3CC3)nccn2n1. The van der Waals surface area contributed by atoms with Gasteiger partial charge in [-0.05, 0) is 30.7 Å². The topological polar surface area (TPSA) is 42.2 Å². The van der Waals surface area contributed by atoms with Crippen LogP contribution in [0.5, 0.6) is 0 Å². The van der Waals surface area contributed by atoms with Gasteiger partial charge in [0.2, 0.25) is 0 Å². The summed E-state index contributed by atoms with van der Waals surface area (Å²) in [6, 6.07) is 2.13. The van der Waals surface area contributed by atoms with Crippen LogP contribution in [0.3, 0.4) is 0 Å². The molecule has 90 valence electrons. The Balaban J connectivity index is 1.92. The summed E-state index contributed by atoms with van der Waals surface area (Å²) in [6.07, 6.45) is 6.42. The Kier molecular flexibility index (Phi) is 2.50. The minimum absolute atomic E-state index is 0.450. The number of anilines is 1. The number of nitrogens with one attached hydrogen (secondary N) is 1. The lowest BCUT2D eigenvalue weighted by Gasteiger charge is -2.05. The Labute approximate surface area is 101 Å². The summed E-state index contributed by atoms with van der Waals surface area (Å²) in [4.78, 5) is 4.41. The van der Waals surface area contributed by atoms with Gasteiger partial charge in [0.05, 0.1) is 5.69 Å². The average molecular weight is 230 g/mol. The van der Waals surface area contributed by atoms with E-state index in [1.165, 1.54) is 12.8 Å². The summed E-state index contributed by atoms with van der Waals surface area (Å²) in [7, 11) is 0. The fraction of sp³-hybridized carbons (Fsp3) is 0.538. The normalized spacial score (nSPS) is 15.7. The quantitative estimate of drug-likeness (QED) is 0.878. The van der Waals surface area contributed by atoms with Crippen LogP contribution in [0.25, 0.3) is 5.52 Å². The van der Waals surface area contributed by atoms with Gasteiger partial charge >= 0.3 is 0 Å². The summed E-state index contributed by atoms with van der Waals surface area (Å²) >= 11 is 0. The van der Waals surface area contributed by atoms with Gasteiger partial charge in [-0.1, -0.05) is 13.8 Å². The van der Waals surface area contributed by atoms with Gasteiger partial charge in [0.25, 0.3) is 0 Å². The van der Waals surface area contributed by atoms with Crippen molar-refractivity contribution in [2.24, 2.45) is 5.92 Å². The van der Waals surface area contributed by atoms with Gasteiger partial charge in [-0.3, -0.25) is 0 Å². The van der Waals surface area contributed by atoms with Crippen LogP contribution in [0, 0.1) is 5.92 Å². The number of aromatic nitrogens is 3. The van der Waals surface area contributed by atoms with Crippen molar-refractivity contribution in [1.29, 1.82) is 0 Å². The first-order chi connectivity index (χ1) is 8.24. The molecule has 3 rings (SSSR count). The number of nitrogens with zero attached hydrogens (tertiary/aromatic N) is 3. The van der Waals surface area contributed by atoms with E-state index in [-0.39, 0.29) is 0 Å². The van der Waals surface area contributed by atoms with Gasteiger partial charge in [0.1, 0.15) is 5.52 Å². The van der Waals surface area contributed by atoms with Gasteiger partial charge in [-0.2, -0.15) is 5.10 Å². The molecule has 1 fully saturated rings. The maximum absolute atomic E-state index is 4.55. The molecule has 17 heavy (non-hydrogen) atoms. The summed E-state index contributed by atoms with van der Waals surface area (Å²) in [6.45, 7) is 5.36. The van der Waals surface area contributed by atoms with Crippen LogP contribution in [-0.4, -0.2) is 21.1 Å². The lowest BCUT2D eigenvalue weighted by atomic mass is 10.1. The Morgan fingerprint density at radius 1 is 1.47 bits per heavy atom. The second-order valence-electron chi connectivity index (χ2n) is 5.15. The van der Waals surface area contributed by atoms with E-state index in [0.29, 0.717) is 5.92 Å². The first-order valence-corrected chi connectivity index (χ1v) is 6.32. The van der Waals surface area contributed by atoms with Crippen LogP contribution in [0.1, 0.15) is 38.3 Å². The van der Waals surface area contributed by atoms with E-state index in [1.54, 1.807) is 6.20 Å². The molecule has 2 heterocycles. The van der Waals surface area contributed by atoms with Crippen LogP contribution in [-0.2, 0) is 0 Å². The highest BCUT2D eigenvalue weighted by atomic mass is 15.2. The molecule has 0 saturated heterocycles. The van der Waals surface area contributed by atoms with E-state index in [9.17, 15) is 0 Å². The Hall–Kier alpha value is -1.58. The zero-order valence-electron chi connectivity index (χ0n) is 10.3. The first kappa shape index (κ1) is 10.6. The molecule has 0 aromatic carbocycles. The molecule has 2 aromatic rings. The number of hydrogen-bond acceptors (Lipinski definition) is 3. The fourth-order valence-corrected chi connectivity index (χ4v) is 1.92. The molecule has 0 spiro atoms. The van der Waals surface area contributed by atoms with E-state index in [1.807, 2.05) is 10.7 Å².